The number of hydrogen-bond donors (Lipinski definition) is 2. The van der Waals surface area contributed by atoms with Gasteiger partial charge in [-0.05, 0) is 29.9 Å². The lowest BCUT2D eigenvalue weighted by molar-refractivity contribution is 0.292. The summed E-state index contributed by atoms with van der Waals surface area (Å²) < 4.78 is 5.48. The van der Waals surface area contributed by atoms with Gasteiger partial charge in [-0.3, -0.25) is 0 Å². The summed E-state index contributed by atoms with van der Waals surface area (Å²) in [5, 5.41) is 8.27. The minimum Gasteiger partial charge on any atom is -0.463 e. The van der Waals surface area contributed by atoms with E-state index < -0.39 is 0 Å². The van der Waals surface area contributed by atoms with Crippen LogP contribution >= 0.6 is 11.3 Å². The van der Waals surface area contributed by atoms with Crippen molar-refractivity contribution in [2.75, 3.05) is 24.3 Å². The van der Waals surface area contributed by atoms with Gasteiger partial charge in [0.05, 0.1) is 13.2 Å². The quantitative estimate of drug-likeness (QED) is 0.781. The lowest BCUT2D eigenvalue weighted by atomic mass is 10.2. The highest BCUT2D eigenvalue weighted by molar-refractivity contribution is 7.10. The van der Waals surface area contributed by atoms with Crippen LogP contribution in [0.1, 0.15) is 30.7 Å². The highest BCUT2D eigenvalue weighted by Gasteiger charge is 2.08. The smallest absolute Gasteiger partial charge is 0.323 e. The van der Waals surface area contributed by atoms with Gasteiger partial charge >= 0.3 is 6.01 Å². The number of ether oxygens (including phenoxy) is 1. The third-order valence-corrected chi connectivity index (χ3v) is 3.86. The first-order valence-corrected chi connectivity index (χ1v) is 8.00. The van der Waals surface area contributed by atoms with Crippen molar-refractivity contribution >= 4 is 23.2 Å². The second-order valence-corrected chi connectivity index (χ2v) is 5.44. The number of aromatic nitrogens is 3. The van der Waals surface area contributed by atoms with Crippen molar-refractivity contribution in [3.05, 3.63) is 21.9 Å². The number of hydrogen-bond acceptors (Lipinski definition) is 7. The molecule has 0 bridgehead atoms. The van der Waals surface area contributed by atoms with Crippen molar-refractivity contribution in [2.45, 2.75) is 33.2 Å². The third-order valence-electron chi connectivity index (χ3n) is 2.90. The molecule has 2 aromatic rings. The molecular formula is C14H21N5OS. The molecule has 0 saturated heterocycles. The maximum absolute atomic E-state index is 5.48. The monoisotopic (exact) mass is 307 g/mol. The second kappa shape index (κ2) is 7.78. The lowest BCUT2D eigenvalue weighted by Crippen LogP contribution is -2.09. The van der Waals surface area contributed by atoms with Gasteiger partial charge in [0.1, 0.15) is 0 Å². The molecule has 21 heavy (non-hydrogen) atoms. The van der Waals surface area contributed by atoms with Gasteiger partial charge in [0, 0.05) is 11.9 Å². The molecule has 2 N–H and O–H groups in total. The molecule has 6 nitrogen and oxygen atoms in total. The topological polar surface area (TPSA) is 72.0 Å². The van der Waals surface area contributed by atoms with Crippen molar-refractivity contribution < 1.29 is 4.74 Å². The molecule has 0 amide bonds. The van der Waals surface area contributed by atoms with Crippen molar-refractivity contribution in [2.24, 2.45) is 0 Å². The van der Waals surface area contributed by atoms with Crippen LogP contribution in [0.4, 0.5) is 11.9 Å². The Labute approximate surface area is 129 Å². The molecule has 0 aliphatic heterocycles. The Bertz CT molecular complexity index is 572. The molecule has 2 aromatic heterocycles. The van der Waals surface area contributed by atoms with Crippen molar-refractivity contribution in [1.29, 1.82) is 0 Å². The molecule has 7 heteroatoms. The predicted octanol–water partition coefficient (Wildman–Crippen LogP) is 2.94. The van der Waals surface area contributed by atoms with Crippen LogP contribution in [0, 0.1) is 0 Å². The fraction of sp³-hybridized carbons (Fsp3) is 0.500. The summed E-state index contributed by atoms with van der Waals surface area (Å²) in [5.74, 6) is 1.02. The maximum Gasteiger partial charge on any atom is 0.323 e. The van der Waals surface area contributed by atoms with E-state index >= 15 is 0 Å². The zero-order valence-electron chi connectivity index (χ0n) is 12.6. The van der Waals surface area contributed by atoms with E-state index in [1.807, 2.05) is 6.92 Å². The molecule has 0 aromatic carbocycles. The molecule has 0 aliphatic rings. The van der Waals surface area contributed by atoms with E-state index in [2.05, 4.69) is 44.0 Å². The molecule has 0 saturated carbocycles. The highest BCUT2D eigenvalue weighted by atomic mass is 32.1. The van der Waals surface area contributed by atoms with Crippen LogP contribution in [0.25, 0.3) is 0 Å². The van der Waals surface area contributed by atoms with Crippen LogP contribution in [-0.4, -0.2) is 28.6 Å². The largest absolute Gasteiger partial charge is 0.463 e. The van der Waals surface area contributed by atoms with Crippen LogP contribution < -0.4 is 15.4 Å². The fourth-order valence-corrected chi connectivity index (χ4v) is 2.72. The molecule has 114 valence electrons. The van der Waals surface area contributed by atoms with Crippen molar-refractivity contribution in [3.63, 3.8) is 0 Å². The number of aryl methyl sites for hydroxylation is 1. The molecule has 0 aliphatic carbocycles. The Kier molecular flexibility index (Phi) is 5.74. The van der Waals surface area contributed by atoms with E-state index in [9.17, 15) is 0 Å². The summed E-state index contributed by atoms with van der Waals surface area (Å²) in [7, 11) is 1.77. The van der Waals surface area contributed by atoms with Crippen LogP contribution in [0.5, 0.6) is 6.01 Å². The van der Waals surface area contributed by atoms with E-state index in [1.165, 1.54) is 10.4 Å². The summed E-state index contributed by atoms with van der Waals surface area (Å²) in [6.07, 6.45) is 1.95. The van der Waals surface area contributed by atoms with Gasteiger partial charge in [-0.15, -0.1) is 11.3 Å². The Morgan fingerprint density at radius 1 is 1.19 bits per heavy atom. The van der Waals surface area contributed by atoms with E-state index in [4.69, 9.17) is 4.74 Å². The summed E-state index contributed by atoms with van der Waals surface area (Å²) >= 11 is 1.74. The van der Waals surface area contributed by atoms with Crippen LogP contribution in [0.3, 0.4) is 0 Å². The molecule has 0 atom stereocenters. The summed E-state index contributed by atoms with van der Waals surface area (Å²) in [4.78, 5) is 14.1. The summed E-state index contributed by atoms with van der Waals surface area (Å²) in [6, 6.07) is 2.50. The second-order valence-electron chi connectivity index (χ2n) is 4.44. The molecule has 2 heterocycles. The Balaban J connectivity index is 2.07. The fourth-order valence-electron chi connectivity index (χ4n) is 1.80. The van der Waals surface area contributed by atoms with E-state index in [0.29, 0.717) is 31.1 Å². The maximum atomic E-state index is 5.48. The number of rotatable bonds is 8. The van der Waals surface area contributed by atoms with Gasteiger partial charge < -0.3 is 15.4 Å². The van der Waals surface area contributed by atoms with Gasteiger partial charge in [0.15, 0.2) is 0 Å². The molecule has 0 fully saturated rings. The lowest BCUT2D eigenvalue weighted by Gasteiger charge is -2.09. The van der Waals surface area contributed by atoms with Gasteiger partial charge in [-0.1, -0.05) is 13.8 Å². The van der Waals surface area contributed by atoms with Crippen molar-refractivity contribution in [3.8, 4) is 6.01 Å². The third kappa shape index (κ3) is 4.29. The Morgan fingerprint density at radius 3 is 2.71 bits per heavy atom. The van der Waals surface area contributed by atoms with Gasteiger partial charge in [-0.25, -0.2) is 0 Å². The molecule has 2 rings (SSSR count). The normalized spacial score (nSPS) is 10.4. The number of thiophene rings is 1. The minimum absolute atomic E-state index is 0.348. The van der Waals surface area contributed by atoms with Crippen LogP contribution in [0.2, 0.25) is 0 Å². The molecule has 0 radical (unpaired) electrons. The number of anilines is 2. The summed E-state index contributed by atoms with van der Waals surface area (Å²) in [5.41, 5.74) is 1.36. The predicted molar refractivity (Wildman–Crippen MR) is 86.2 cm³/mol. The zero-order valence-corrected chi connectivity index (χ0v) is 13.5. The first kappa shape index (κ1) is 15.5. The Hall–Kier alpha value is -1.89. The highest BCUT2D eigenvalue weighted by Crippen LogP contribution is 2.19. The van der Waals surface area contributed by atoms with E-state index in [-0.39, 0.29) is 0 Å². The summed E-state index contributed by atoms with van der Waals surface area (Å²) in [6.45, 7) is 5.51. The van der Waals surface area contributed by atoms with Gasteiger partial charge in [0.25, 0.3) is 0 Å². The van der Waals surface area contributed by atoms with Crippen molar-refractivity contribution in [1.82, 2.24) is 15.0 Å². The minimum atomic E-state index is 0.348. The van der Waals surface area contributed by atoms with E-state index in [0.717, 1.165) is 12.8 Å². The first-order chi connectivity index (χ1) is 10.3. The molecule has 0 spiro atoms. The average Bonchev–Trinajstić information content (AvgIpc) is 2.98. The van der Waals surface area contributed by atoms with Gasteiger partial charge in [0.2, 0.25) is 11.9 Å². The zero-order chi connectivity index (χ0) is 15.1. The van der Waals surface area contributed by atoms with E-state index in [1.54, 1.807) is 18.4 Å². The first-order valence-electron chi connectivity index (χ1n) is 7.12. The van der Waals surface area contributed by atoms with Crippen LogP contribution in [-0.2, 0) is 13.0 Å². The average molecular weight is 307 g/mol. The molecular weight excluding hydrogens is 286 g/mol. The van der Waals surface area contributed by atoms with Gasteiger partial charge in [-0.2, -0.15) is 15.0 Å². The SMILES string of the molecule is CCCOc1nc(NC)nc(NCc2sccc2CC)n1. The number of nitrogens with zero attached hydrogens (tertiary/aromatic N) is 3. The molecule has 0 unspecified atom stereocenters. The standard InChI is InChI=1S/C14H21N5OS/c1-4-7-20-14-18-12(15-3)17-13(19-14)16-9-11-10(5-2)6-8-21-11/h6,8H,4-5,7,9H2,1-3H3,(H2,15,16,17,18,19). The number of nitrogens with one attached hydrogen (secondary N) is 2. The Morgan fingerprint density at radius 2 is 2.00 bits per heavy atom. The van der Waals surface area contributed by atoms with Crippen LogP contribution in [0.15, 0.2) is 11.4 Å².